The second-order valence-electron chi connectivity index (χ2n) is 3.17. The Bertz CT molecular complexity index is 562. The summed E-state index contributed by atoms with van der Waals surface area (Å²) in [5, 5.41) is 3.26. The van der Waals surface area contributed by atoms with Crippen molar-refractivity contribution in [2.24, 2.45) is 0 Å². The van der Waals surface area contributed by atoms with E-state index in [2.05, 4.69) is 15.3 Å². The van der Waals surface area contributed by atoms with Crippen LogP contribution in [0.4, 0.5) is 21.7 Å². The molecule has 7 heteroatoms. The van der Waals surface area contributed by atoms with Crippen LogP contribution in [-0.2, 0) is 0 Å². The molecular weight excluding hydrogens is 266 g/mol. The van der Waals surface area contributed by atoms with Crippen molar-refractivity contribution in [2.75, 3.05) is 11.1 Å². The zero-order chi connectivity index (χ0) is 12.4. The molecule has 3 N–H and O–H groups in total. The minimum atomic E-state index is -0.422. The Labute approximate surface area is 107 Å². The summed E-state index contributed by atoms with van der Waals surface area (Å²) in [7, 11) is 0. The van der Waals surface area contributed by atoms with Crippen molar-refractivity contribution in [3.63, 3.8) is 0 Å². The highest BCUT2D eigenvalue weighted by molar-refractivity contribution is 6.36. The van der Waals surface area contributed by atoms with Gasteiger partial charge in [-0.05, 0) is 18.2 Å². The number of nitrogen functional groups attached to an aromatic ring is 1. The van der Waals surface area contributed by atoms with E-state index >= 15 is 0 Å². The smallest absolute Gasteiger partial charge is 0.154 e. The van der Waals surface area contributed by atoms with E-state index in [1.165, 1.54) is 24.5 Å². The van der Waals surface area contributed by atoms with Crippen LogP contribution >= 0.6 is 23.2 Å². The zero-order valence-corrected chi connectivity index (χ0v) is 9.93. The summed E-state index contributed by atoms with van der Waals surface area (Å²) >= 11 is 11.7. The molecule has 0 aliphatic rings. The van der Waals surface area contributed by atoms with Crippen LogP contribution in [0.25, 0.3) is 0 Å². The zero-order valence-electron chi connectivity index (χ0n) is 8.42. The van der Waals surface area contributed by atoms with Crippen LogP contribution in [0.15, 0.2) is 24.5 Å². The first-order chi connectivity index (χ1) is 8.08. The van der Waals surface area contributed by atoms with Gasteiger partial charge in [-0.25, -0.2) is 14.4 Å². The average molecular weight is 273 g/mol. The monoisotopic (exact) mass is 272 g/mol. The normalized spacial score (nSPS) is 10.3. The predicted octanol–water partition coefficient (Wildman–Crippen LogP) is 3.25. The number of anilines is 3. The van der Waals surface area contributed by atoms with E-state index in [1.54, 1.807) is 0 Å². The number of aromatic nitrogens is 2. The largest absolute Gasteiger partial charge is 0.382 e. The highest BCUT2D eigenvalue weighted by Gasteiger charge is 2.08. The molecule has 2 aromatic rings. The molecule has 1 aromatic carbocycles. The molecule has 2 rings (SSSR count). The lowest BCUT2D eigenvalue weighted by Gasteiger charge is -2.09. The van der Waals surface area contributed by atoms with Gasteiger partial charge in [0, 0.05) is 0 Å². The molecule has 88 valence electrons. The lowest BCUT2D eigenvalue weighted by molar-refractivity contribution is 0.628. The summed E-state index contributed by atoms with van der Waals surface area (Å²) in [5.41, 5.74) is 6.00. The Balaban J connectivity index is 2.35. The fraction of sp³-hybridized carbons (Fsp3) is 0. The molecule has 0 aliphatic heterocycles. The number of nitrogens with two attached hydrogens (primary N) is 1. The van der Waals surface area contributed by atoms with Crippen LogP contribution < -0.4 is 11.1 Å². The van der Waals surface area contributed by atoms with Crippen LogP contribution in [0.3, 0.4) is 0 Å². The molecule has 0 spiro atoms. The Morgan fingerprint density at radius 2 is 2.00 bits per heavy atom. The van der Waals surface area contributed by atoms with Gasteiger partial charge in [0.1, 0.15) is 23.0 Å². The van der Waals surface area contributed by atoms with Crippen molar-refractivity contribution in [2.45, 2.75) is 0 Å². The average Bonchev–Trinajstić information content (AvgIpc) is 2.28. The Kier molecular flexibility index (Phi) is 3.31. The van der Waals surface area contributed by atoms with Gasteiger partial charge in [0.25, 0.3) is 0 Å². The van der Waals surface area contributed by atoms with Crippen LogP contribution in [-0.4, -0.2) is 9.97 Å². The third kappa shape index (κ3) is 2.57. The van der Waals surface area contributed by atoms with E-state index in [0.717, 1.165) is 0 Å². The number of hydrogen-bond acceptors (Lipinski definition) is 4. The van der Waals surface area contributed by atoms with Gasteiger partial charge in [0.05, 0.1) is 10.7 Å². The quantitative estimate of drug-likeness (QED) is 0.881. The number of rotatable bonds is 2. The second-order valence-corrected chi connectivity index (χ2v) is 3.96. The van der Waals surface area contributed by atoms with Gasteiger partial charge in [-0.1, -0.05) is 23.2 Å². The van der Waals surface area contributed by atoms with Gasteiger partial charge in [0.2, 0.25) is 0 Å². The molecule has 1 heterocycles. The van der Waals surface area contributed by atoms with Crippen LogP contribution in [0.2, 0.25) is 10.0 Å². The molecule has 0 amide bonds. The molecule has 0 saturated heterocycles. The Hall–Kier alpha value is -1.59. The van der Waals surface area contributed by atoms with Crippen molar-refractivity contribution in [1.29, 1.82) is 0 Å². The number of nitrogens with zero attached hydrogens (tertiary/aromatic N) is 2. The van der Waals surface area contributed by atoms with E-state index in [9.17, 15) is 4.39 Å². The summed E-state index contributed by atoms with van der Waals surface area (Å²) < 4.78 is 12.8. The molecule has 0 unspecified atom stereocenters. The summed E-state index contributed by atoms with van der Waals surface area (Å²) in [6.07, 6.45) is 1.26. The standard InChI is InChI=1S/C10H7Cl2FN4/c11-6-3-5(13)1-2-7(6)17-10-8(12)9(14)15-4-16-10/h1-4H,(H3,14,15,16,17). The number of halogens is 3. The van der Waals surface area contributed by atoms with Crippen molar-refractivity contribution < 1.29 is 4.39 Å². The van der Waals surface area contributed by atoms with E-state index < -0.39 is 5.82 Å². The fourth-order valence-corrected chi connectivity index (χ4v) is 1.55. The van der Waals surface area contributed by atoms with Crippen molar-refractivity contribution in [1.82, 2.24) is 9.97 Å². The van der Waals surface area contributed by atoms with Gasteiger partial charge >= 0.3 is 0 Å². The van der Waals surface area contributed by atoms with Crippen molar-refractivity contribution >= 4 is 40.5 Å². The predicted molar refractivity (Wildman–Crippen MR) is 66.1 cm³/mol. The first-order valence-corrected chi connectivity index (χ1v) is 5.31. The van der Waals surface area contributed by atoms with Crippen LogP contribution in [0.5, 0.6) is 0 Å². The summed E-state index contributed by atoms with van der Waals surface area (Å²) in [6, 6.07) is 3.93. The molecular formula is C10H7Cl2FN4. The van der Waals surface area contributed by atoms with Crippen molar-refractivity contribution in [3.8, 4) is 0 Å². The highest BCUT2D eigenvalue weighted by Crippen LogP contribution is 2.30. The maximum Gasteiger partial charge on any atom is 0.154 e. The van der Waals surface area contributed by atoms with Crippen LogP contribution in [0, 0.1) is 5.82 Å². The molecule has 0 aliphatic carbocycles. The number of nitrogens with one attached hydrogen (secondary N) is 1. The molecule has 17 heavy (non-hydrogen) atoms. The van der Waals surface area contributed by atoms with E-state index in [1.807, 2.05) is 0 Å². The number of hydrogen-bond donors (Lipinski definition) is 2. The first-order valence-electron chi connectivity index (χ1n) is 4.56. The summed E-state index contributed by atoms with van der Waals surface area (Å²) in [5.74, 6) is 0.0453. The molecule has 0 saturated carbocycles. The van der Waals surface area contributed by atoms with Crippen LogP contribution in [0.1, 0.15) is 0 Å². The Morgan fingerprint density at radius 3 is 2.71 bits per heavy atom. The van der Waals surface area contributed by atoms with E-state index in [-0.39, 0.29) is 15.9 Å². The molecule has 0 bridgehead atoms. The van der Waals surface area contributed by atoms with E-state index in [4.69, 9.17) is 28.9 Å². The van der Waals surface area contributed by atoms with Crippen molar-refractivity contribution in [3.05, 3.63) is 40.4 Å². The molecule has 0 atom stereocenters. The first kappa shape index (κ1) is 11.9. The maximum atomic E-state index is 12.8. The molecule has 1 aromatic heterocycles. The number of benzene rings is 1. The Morgan fingerprint density at radius 1 is 1.24 bits per heavy atom. The van der Waals surface area contributed by atoms with E-state index in [0.29, 0.717) is 11.5 Å². The fourth-order valence-electron chi connectivity index (χ4n) is 1.19. The molecule has 0 radical (unpaired) electrons. The summed E-state index contributed by atoms with van der Waals surface area (Å²) in [6.45, 7) is 0. The SMILES string of the molecule is Nc1ncnc(Nc2ccc(F)cc2Cl)c1Cl. The molecule has 4 nitrogen and oxygen atoms in total. The van der Waals surface area contributed by atoms with Gasteiger partial charge in [0.15, 0.2) is 5.82 Å². The minimum absolute atomic E-state index is 0.155. The van der Waals surface area contributed by atoms with Gasteiger partial charge in [-0.2, -0.15) is 0 Å². The topological polar surface area (TPSA) is 63.8 Å². The second kappa shape index (κ2) is 4.73. The third-order valence-electron chi connectivity index (χ3n) is 2.00. The molecule has 0 fully saturated rings. The maximum absolute atomic E-state index is 12.8. The lowest BCUT2D eigenvalue weighted by Crippen LogP contribution is -2.00. The lowest BCUT2D eigenvalue weighted by atomic mass is 10.3. The van der Waals surface area contributed by atoms with Gasteiger partial charge in [-0.15, -0.1) is 0 Å². The summed E-state index contributed by atoms with van der Waals surface area (Å²) in [4.78, 5) is 7.63. The van der Waals surface area contributed by atoms with Gasteiger partial charge in [-0.3, -0.25) is 0 Å². The van der Waals surface area contributed by atoms with Gasteiger partial charge < -0.3 is 11.1 Å². The minimum Gasteiger partial charge on any atom is -0.382 e. The highest BCUT2D eigenvalue weighted by atomic mass is 35.5. The third-order valence-corrected chi connectivity index (χ3v) is 2.69.